The lowest BCUT2D eigenvalue weighted by Crippen LogP contribution is -2.00. The van der Waals surface area contributed by atoms with Gasteiger partial charge in [-0.05, 0) is 23.3 Å². The Morgan fingerprint density at radius 2 is 1.76 bits per heavy atom. The largest absolute Gasteiger partial charge is 0.326 e. The maximum absolute atomic E-state index is 11.6. The van der Waals surface area contributed by atoms with Gasteiger partial charge in [-0.15, -0.1) is 10.2 Å². The van der Waals surface area contributed by atoms with Gasteiger partial charge < -0.3 is 15.7 Å². The summed E-state index contributed by atoms with van der Waals surface area (Å²) < 4.78 is 1.85. The van der Waals surface area contributed by atoms with E-state index < -0.39 is 0 Å². The predicted octanol–water partition coefficient (Wildman–Crippen LogP) is 3.75. The van der Waals surface area contributed by atoms with Gasteiger partial charge in [0.25, 0.3) is 0 Å². The molecule has 4 aromatic heterocycles. The number of rotatable bonds is 4. The molecule has 33 heavy (non-hydrogen) atoms. The van der Waals surface area contributed by atoms with E-state index in [1.54, 1.807) is 6.20 Å². The van der Waals surface area contributed by atoms with Gasteiger partial charge in [-0.2, -0.15) is 0 Å². The van der Waals surface area contributed by atoms with E-state index in [2.05, 4.69) is 50.5 Å². The standard InChI is InChI=1S/C25H19N7O/c26-13-15-6-8-17(9-7-15)22-18(16-4-2-1-3-5-16)12-19-20(28-22)10-11-32-23(19)30-31-24(32)21-14-27-25(33)29-21/h1-12,14H,13,26H2,(H2,27,29,33). The van der Waals surface area contributed by atoms with E-state index in [1.807, 2.05) is 47.0 Å². The molecule has 0 aliphatic carbocycles. The molecule has 4 N–H and O–H groups in total. The number of fused-ring (bicyclic) bond motifs is 3. The molecular formula is C25H19N7O. The Kier molecular flexibility index (Phi) is 4.38. The van der Waals surface area contributed by atoms with Crippen molar-refractivity contribution in [2.24, 2.45) is 5.73 Å². The van der Waals surface area contributed by atoms with Crippen LogP contribution in [0.1, 0.15) is 5.56 Å². The molecule has 0 radical (unpaired) electrons. The van der Waals surface area contributed by atoms with Crippen LogP contribution in [0, 0.1) is 0 Å². The average molecular weight is 433 g/mol. The third-order valence-corrected chi connectivity index (χ3v) is 5.75. The highest BCUT2D eigenvalue weighted by atomic mass is 16.1. The minimum atomic E-state index is -0.291. The summed E-state index contributed by atoms with van der Waals surface area (Å²) >= 11 is 0. The Morgan fingerprint density at radius 3 is 2.48 bits per heavy atom. The van der Waals surface area contributed by atoms with Crippen LogP contribution in [0.25, 0.3) is 50.5 Å². The summed E-state index contributed by atoms with van der Waals surface area (Å²) in [5.41, 5.74) is 12.6. The lowest BCUT2D eigenvalue weighted by Gasteiger charge is -2.12. The van der Waals surface area contributed by atoms with Crippen molar-refractivity contribution in [1.82, 2.24) is 29.5 Å². The number of benzene rings is 2. The highest BCUT2D eigenvalue weighted by molar-refractivity contribution is 5.98. The van der Waals surface area contributed by atoms with Gasteiger partial charge in [-0.3, -0.25) is 4.40 Å². The van der Waals surface area contributed by atoms with Gasteiger partial charge in [0.05, 0.1) is 11.2 Å². The zero-order valence-electron chi connectivity index (χ0n) is 17.5. The number of nitrogens with zero attached hydrogens (tertiary/aromatic N) is 4. The van der Waals surface area contributed by atoms with Crippen molar-refractivity contribution in [2.45, 2.75) is 6.54 Å². The first-order chi connectivity index (χ1) is 16.2. The molecule has 6 aromatic rings. The number of hydrogen-bond acceptors (Lipinski definition) is 5. The normalized spacial score (nSPS) is 11.4. The van der Waals surface area contributed by atoms with Crippen molar-refractivity contribution in [1.29, 1.82) is 0 Å². The van der Waals surface area contributed by atoms with Crippen LogP contribution >= 0.6 is 0 Å². The minimum Gasteiger partial charge on any atom is -0.326 e. The third kappa shape index (κ3) is 3.20. The van der Waals surface area contributed by atoms with E-state index in [0.29, 0.717) is 23.7 Å². The fraction of sp³-hybridized carbons (Fsp3) is 0.0400. The fourth-order valence-corrected chi connectivity index (χ4v) is 4.09. The molecule has 8 heteroatoms. The summed E-state index contributed by atoms with van der Waals surface area (Å²) in [6, 6.07) is 22.4. The van der Waals surface area contributed by atoms with Crippen molar-refractivity contribution in [2.75, 3.05) is 0 Å². The number of aromatic amines is 2. The summed E-state index contributed by atoms with van der Waals surface area (Å²) in [5, 5.41) is 9.60. The van der Waals surface area contributed by atoms with Gasteiger partial charge in [0.1, 0.15) is 5.69 Å². The van der Waals surface area contributed by atoms with E-state index in [4.69, 9.17) is 10.7 Å². The Balaban J connectivity index is 1.62. The molecule has 8 nitrogen and oxygen atoms in total. The van der Waals surface area contributed by atoms with Crippen LogP contribution in [-0.4, -0.2) is 29.5 Å². The monoisotopic (exact) mass is 433 g/mol. The molecule has 6 rings (SSSR count). The lowest BCUT2D eigenvalue weighted by molar-refractivity contribution is 1.07. The molecule has 0 amide bonds. The maximum Gasteiger partial charge on any atom is 0.323 e. The van der Waals surface area contributed by atoms with Crippen LogP contribution in [0.5, 0.6) is 0 Å². The highest BCUT2D eigenvalue weighted by Crippen LogP contribution is 2.35. The Bertz CT molecular complexity index is 1660. The second kappa shape index (κ2) is 7.54. The third-order valence-electron chi connectivity index (χ3n) is 5.75. The van der Waals surface area contributed by atoms with Gasteiger partial charge in [0.2, 0.25) is 0 Å². The maximum atomic E-state index is 11.6. The van der Waals surface area contributed by atoms with Gasteiger partial charge in [-0.25, -0.2) is 9.78 Å². The van der Waals surface area contributed by atoms with E-state index in [9.17, 15) is 4.79 Å². The smallest absolute Gasteiger partial charge is 0.323 e. The Hall–Kier alpha value is -4.56. The van der Waals surface area contributed by atoms with Crippen molar-refractivity contribution >= 4 is 16.6 Å². The zero-order chi connectivity index (χ0) is 22.4. The highest BCUT2D eigenvalue weighted by Gasteiger charge is 2.17. The topological polar surface area (TPSA) is 118 Å². The van der Waals surface area contributed by atoms with Crippen LogP contribution in [0.4, 0.5) is 0 Å². The SMILES string of the molecule is NCc1ccc(-c2nc3ccn4c(-c5c[nH]c(=O)[nH]5)nnc4c3cc2-c2ccccc2)cc1. The molecule has 2 aromatic carbocycles. The number of aromatic nitrogens is 6. The number of nitrogens with one attached hydrogen (secondary N) is 2. The fourth-order valence-electron chi connectivity index (χ4n) is 4.09. The number of imidazole rings is 1. The average Bonchev–Trinajstić information content (AvgIpc) is 3.50. The van der Waals surface area contributed by atoms with Gasteiger partial charge in [0.15, 0.2) is 11.5 Å². The van der Waals surface area contributed by atoms with Gasteiger partial charge in [-0.1, -0.05) is 54.6 Å². The van der Waals surface area contributed by atoms with E-state index in [0.717, 1.165) is 38.9 Å². The predicted molar refractivity (Wildman–Crippen MR) is 127 cm³/mol. The first-order valence-electron chi connectivity index (χ1n) is 10.5. The number of pyridine rings is 2. The molecule has 0 aliphatic rings. The first-order valence-corrected chi connectivity index (χ1v) is 10.5. The van der Waals surface area contributed by atoms with Crippen LogP contribution in [0.3, 0.4) is 0 Å². The molecule has 0 aliphatic heterocycles. The van der Waals surface area contributed by atoms with Crippen molar-refractivity contribution < 1.29 is 0 Å². The van der Waals surface area contributed by atoms with Gasteiger partial charge >= 0.3 is 5.69 Å². The van der Waals surface area contributed by atoms with E-state index in [1.165, 1.54) is 0 Å². The molecule has 0 unspecified atom stereocenters. The second-order valence-electron chi connectivity index (χ2n) is 7.77. The van der Waals surface area contributed by atoms with E-state index >= 15 is 0 Å². The van der Waals surface area contributed by atoms with Crippen LogP contribution in [0.15, 0.2) is 83.9 Å². The van der Waals surface area contributed by atoms with E-state index in [-0.39, 0.29) is 5.69 Å². The molecule has 0 bridgehead atoms. The first kappa shape index (κ1) is 19.1. The second-order valence-corrected chi connectivity index (χ2v) is 7.77. The van der Waals surface area contributed by atoms with Crippen molar-refractivity contribution in [3.8, 4) is 33.9 Å². The molecule has 0 fully saturated rings. The molecular weight excluding hydrogens is 414 g/mol. The van der Waals surface area contributed by atoms with Gasteiger partial charge in [0, 0.05) is 35.5 Å². The van der Waals surface area contributed by atoms with Crippen LogP contribution in [0.2, 0.25) is 0 Å². The molecule has 0 spiro atoms. The summed E-state index contributed by atoms with van der Waals surface area (Å²) in [6.45, 7) is 0.497. The molecule has 4 heterocycles. The number of H-pyrrole nitrogens is 2. The molecule has 0 saturated heterocycles. The zero-order valence-corrected chi connectivity index (χ0v) is 17.5. The summed E-state index contributed by atoms with van der Waals surface area (Å²) in [4.78, 5) is 21.9. The molecule has 160 valence electrons. The molecule has 0 saturated carbocycles. The summed E-state index contributed by atoms with van der Waals surface area (Å²) in [6.07, 6.45) is 3.46. The number of hydrogen-bond donors (Lipinski definition) is 3. The number of nitrogens with two attached hydrogens (primary N) is 1. The van der Waals surface area contributed by atoms with Crippen molar-refractivity contribution in [3.05, 3.63) is 95.2 Å². The lowest BCUT2D eigenvalue weighted by atomic mass is 9.97. The van der Waals surface area contributed by atoms with Crippen LogP contribution < -0.4 is 11.4 Å². The van der Waals surface area contributed by atoms with Crippen LogP contribution in [-0.2, 0) is 6.54 Å². The Morgan fingerprint density at radius 1 is 0.939 bits per heavy atom. The van der Waals surface area contributed by atoms with Crippen molar-refractivity contribution in [3.63, 3.8) is 0 Å². The summed E-state index contributed by atoms with van der Waals surface area (Å²) in [7, 11) is 0. The Labute approximate surface area is 187 Å². The molecule has 0 atom stereocenters. The quantitative estimate of drug-likeness (QED) is 0.391. The minimum absolute atomic E-state index is 0.291. The summed E-state index contributed by atoms with van der Waals surface area (Å²) in [5.74, 6) is 0.549.